The predicted molar refractivity (Wildman–Crippen MR) is 83.6 cm³/mol. The van der Waals surface area contributed by atoms with Gasteiger partial charge in [-0.2, -0.15) is 0 Å². The van der Waals surface area contributed by atoms with Gasteiger partial charge >= 0.3 is 0 Å². The third-order valence-corrected chi connectivity index (χ3v) is 5.45. The van der Waals surface area contributed by atoms with Gasteiger partial charge in [0.05, 0.1) is 18.3 Å². The average Bonchev–Trinajstić information content (AvgIpc) is 2.28. The van der Waals surface area contributed by atoms with E-state index >= 15 is 0 Å². The number of rotatable bonds is 3. The predicted octanol–water partition coefficient (Wildman–Crippen LogP) is 4.40. The zero-order chi connectivity index (χ0) is 14.9. The smallest absolute Gasteiger partial charge is 0.0840 e. The molecule has 0 aliphatic heterocycles. The summed E-state index contributed by atoms with van der Waals surface area (Å²) in [5.41, 5.74) is 0.388. The first-order valence-corrected chi connectivity index (χ1v) is 8.60. The van der Waals surface area contributed by atoms with Crippen molar-refractivity contribution in [2.75, 3.05) is 0 Å². The molecule has 0 saturated heterocycles. The van der Waals surface area contributed by atoms with Crippen LogP contribution in [0.25, 0.3) is 0 Å². The van der Waals surface area contributed by atoms with Crippen LogP contribution in [0.5, 0.6) is 0 Å². The Balaban J connectivity index is 1.93. The van der Waals surface area contributed by atoms with E-state index in [1.807, 2.05) is 0 Å². The Hall–Kier alpha value is -0.0800. The van der Waals surface area contributed by atoms with E-state index < -0.39 is 0 Å². The lowest BCUT2D eigenvalue weighted by atomic mass is 9.71. The Morgan fingerprint density at radius 3 is 2.40 bits per heavy atom. The summed E-state index contributed by atoms with van der Waals surface area (Å²) in [5, 5.41) is 10.3. The summed E-state index contributed by atoms with van der Waals surface area (Å²) in [5.74, 6) is 2.16. The maximum Gasteiger partial charge on any atom is 0.0840 e. The maximum atomic E-state index is 10.3. The molecule has 0 aromatic heterocycles. The average molecular weight is 282 g/mol. The molecule has 2 saturated carbocycles. The molecule has 0 amide bonds. The second-order valence-electron chi connectivity index (χ2n) is 8.59. The molecule has 2 aliphatic rings. The van der Waals surface area contributed by atoms with Crippen molar-refractivity contribution in [3.8, 4) is 0 Å². The minimum Gasteiger partial charge on any atom is -0.390 e. The molecule has 0 spiro atoms. The van der Waals surface area contributed by atoms with Crippen LogP contribution >= 0.6 is 0 Å². The fourth-order valence-electron chi connectivity index (χ4n) is 4.51. The minimum atomic E-state index is -0.245. The highest BCUT2D eigenvalue weighted by molar-refractivity contribution is 4.87. The van der Waals surface area contributed by atoms with Gasteiger partial charge in [-0.05, 0) is 61.7 Å². The van der Waals surface area contributed by atoms with Crippen molar-refractivity contribution in [2.24, 2.45) is 23.2 Å². The fourth-order valence-corrected chi connectivity index (χ4v) is 4.51. The van der Waals surface area contributed by atoms with Gasteiger partial charge in [0, 0.05) is 0 Å². The molecular formula is C18H34O2. The Morgan fingerprint density at radius 1 is 1.10 bits per heavy atom. The molecule has 2 heteroatoms. The second kappa shape index (κ2) is 6.36. The number of hydrogen-bond acceptors (Lipinski definition) is 2. The zero-order valence-corrected chi connectivity index (χ0v) is 14.1. The van der Waals surface area contributed by atoms with Gasteiger partial charge < -0.3 is 9.84 Å². The second-order valence-corrected chi connectivity index (χ2v) is 8.59. The van der Waals surface area contributed by atoms with E-state index in [9.17, 15) is 5.11 Å². The van der Waals surface area contributed by atoms with Gasteiger partial charge in [-0.1, -0.05) is 34.6 Å². The van der Waals surface area contributed by atoms with Crippen LogP contribution in [-0.4, -0.2) is 23.4 Å². The normalized spacial score (nSPS) is 41.9. The summed E-state index contributed by atoms with van der Waals surface area (Å²) in [6.45, 7) is 11.6. The lowest BCUT2D eigenvalue weighted by Gasteiger charge is -2.43. The highest BCUT2D eigenvalue weighted by Crippen LogP contribution is 2.41. The van der Waals surface area contributed by atoms with Crippen molar-refractivity contribution >= 4 is 0 Å². The summed E-state index contributed by atoms with van der Waals surface area (Å²) < 4.78 is 6.38. The molecule has 5 atom stereocenters. The van der Waals surface area contributed by atoms with Crippen LogP contribution in [0.3, 0.4) is 0 Å². The Labute approximate surface area is 125 Å². The van der Waals surface area contributed by atoms with Crippen LogP contribution in [0.1, 0.15) is 73.1 Å². The first kappa shape index (κ1) is 16.3. The molecule has 0 bridgehead atoms. The molecule has 20 heavy (non-hydrogen) atoms. The molecule has 0 radical (unpaired) electrons. The van der Waals surface area contributed by atoms with Crippen LogP contribution in [0.15, 0.2) is 0 Å². The van der Waals surface area contributed by atoms with Crippen molar-refractivity contribution in [1.29, 1.82) is 0 Å². The van der Waals surface area contributed by atoms with Gasteiger partial charge in [0.1, 0.15) is 0 Å². The van der Waals surface area contributed by atoms with Crippen molar-refractivity contribution in [3.05, 3.63) is 0 Å². The van der Waals surface area contributed by atoms with Gasteiger partial charge in [0.15, 0.2) is 0 Å². The molecule has 0 aromatic rings. The van der Waals surface area contributed by atoms with Gasteiger partial charge in [0.25, 0.3) is 0 Å². The van der Waals surface area contributed by atoms with Crippen molar-refractivity contribution in [2.45, 2.75) is 91.5 Å². The SMILES string of the molecule is CC1CC(OC2CC(C(C)C)CCC2O)CC(C)(C)C1. The van der Waals surface area contributed by atoms with E-state index in [2.05, 4.69) is 34.6 Å². The van der Waals surface area contributed by atoms with Crippen molar-refractivity contribution in [1.82, 2.24) is 0 Å². The molecule has 5 unspecified atom stereocenters. The largest absolute Gasteiger partial charge is 0.390 e. The quantitative estimate of drug-likeness (QED) is 0.831. The van der Waals surface area contributed by atoms with Gasteiger partial charge in [-0.3, -0.25) is 0 Å². The van der Waals surface area contributed by atoms with E-state index in [1.165, 1.54) is 12.8 Å². The monoisotopic (exact) mass is 282 g/mol. The van der Waals surface area contributed by atoms with E-state index in [1.54, 1.807) is 0 Å². The van der Waals surface area contributed by atoms with Crippen LogP contribution in [0.2, 0.25) is 0 Å². The van der Waals surface area contributed by atoms with Crippen LogP contribution < -0.4 is 0 Å². The molecule has 0 heterocycles. The number of hydrogen-bond donors (Lipinski definition) is 1. The van der Waals surface area contributed by atoms with Crippen LogP contribution in [-0.2, 0) is 4.74 Å². The standard InChI is InChI=1S/C18H34O2/c1-12(2)14-6-7-16(19)17(9-14)20-15-8-13(3)10-18(4,5)11-15/h12-17,19H,6-11H2,1-5H3. The van der Waals surface area contributed by atoms with Gasteiger partial charge in [-0.15, -0.1) is 0 Å². The Morgan fingerprint density at radius 2 is 1.80 bits per heavy atom. The molecule has 2 fully saturated rings. The molecule has 118 valence electrons. The van der Waals surface area contributed by atoms with Crippen LogP contribution in [0.4, 0.5) is 0 Å². The van der Waals surface area contributed by atoms with E-state index in [0.717, 1.165) is 37.5 Å². The number of aliphatic hydroxyl groups excluding tert-OH is 1. The molecule has 2 aliphatic carbocycles. The first-order chi connectivity index (χ1) is 9.27. The Kier molecular flexibility index (Phi) is 5.18. The maximum absolute atomic E-state index is 10.3. The summed E-state index contributed by atoms with van der Waals surface area (Å²) in [4.78, 5) is 0. The molecule has 1 N–H and O–H groups in total. The first-order valence-electron chi connectivity index (χ1n) is 8.60. The van der Waals surface area contributed by atoms with E-state index in [4.69, 9.17) is 4.74 Å². The van der Waals surface area contributed by atoms with Crippen molar-refractivity contribution < 1.29 is 9.84 Å². The highest BCUT2D eigenvalue weighted by atomic mass is 16.5. The fraction of sp³-hybridized carbons (Fsp3) is 1.00. The lowest BCUT2D eigenvalue weighted by Crippen LogP contribution is -2.42. The minimum absolute atomic E-state index is 0.0715. The number of aliphatic hydroxyl groups is 1. The summed E-state index contributed by atoms with van der Waals surface area (Å²) in [6, 6.07) is 0. The van der Waals surface area contributed by atoms with E-state index in [0.29, 0.717) is 17.4 Å². The lowest BCUT2D eigenvalue weighted by molar-refractivity contribution is -0.131. The molecule has 0 aromatic carbocycles. The zero-order valence-electron chi connectivity index (χ0n) is 14.1. The topological polar surface area (TPSA) is 29.5 Å². The summed E-state index contributed by atoms with van der Waals surface area (Å²) in [6.07, 6.45) is 6.90. The number of ether oxygens (including phenoxy) is 1. The van der Waals surface area contributed by atoms with Gasteiger partial charge in [-0.25, -0.2) is 0 Å². The van der Waals surface area contributed by atoms with Crippen molar-refractivity contribution in [3.63, 3.8) is 0 Å². The van der Waals surface area contributed by atoms with Gasteiger partial charge in [0.2, 0.25) is 0 Å². The summed E-state index contributed by atoms with van der Waals surface area (Å²) in [7, 11) is 0. The van der Waals surface area contributed by atoms with Crippen LogP contribution in [0, 0.1) is 23.2 Å². The molecule has 2 nitrogen and oxygen atoms in total. The third kappa shape index (κ3) is 4.21. The Bertz CT molecular complexity index is 311. The third-order valence-electron chi connectivity index (χ3n) is 5.45. The highest BCUT2D eigenvalue weighted by Gasteiger charge is 2.37. The molecular weight excluding hydrogens is 248 g/mol. The van der Waals surface area contributed by atoms with E-state index in [-0.39, 0.29) is 12.2 Å². The molecule has 2 rings (SSSR count). The summed E-state index contributed by atoms with van der Waals surface area (Å²) >= 11 is 0.